The first-order chi connectivity index (χ1) is 7.70. The summed E-state index contributed by atoms with van der Waals surface area (Å²) >= 11 is 1.48. The highest BCUT2D eigenvalue weighted by Gasteiger charge is 2.11. The van der Waals surface area contributed by atoms with Gasteiger partial charge in [0.25, 0.3) is 0 Å². The van der Waals surface area contributed by atoms with Crippen LogP contribution in [-0.2, 0) is 0 Å². The number of thiophene rings is 1. The number of benzene rings is 1. The van der Waals surface area contributed by atoms with Crippen LogP contribution in [0.2, 0.25) is 0 Å². The third-order valence-electron chi connectivity index (χ3n) is 2.39. The Kier molecular flexibility index (Phi) is 3.23. The van der Waals surface area contributed by atoms with Crippen LogP contribution in [0.25, 0.3) is 10.1 Å². The third-order valence-corrected chi connectivity index (χ3v) is 3.61. The van der Waals surface area contributed by atoms with Crippen LogP contribution in [0.3, 0.4) is 0 Å². The fourth-order valence-corrected chi connectivity index (χ4v) is 2.63. The molecule has 1 aromatic heterocycles. The summed E-state index contributed by atoms with van der Waals surface area (Å²) < 4.78 is 13.9. The average Bonchev–Trinajstić information content (AvgIpc) is 2.68. The van der Waals surface area contributed by atoms with E-state index in [9.17, 15) is 9.50 Å². The lowest BCUT2D eigenvalue weighted by molar-refractivity contribution is 0.173. The summed E-state index contributed by atoms with van der Waals surface area (Å²) in [5.41, 5.74) is 0. The Morgan fingerprint density at radius 3 is 3.00 bits per heavy atom. The summed E-state index contributed by atoms with van der Waals surface area (Å²) in [4.78, 5) is 0.843. The van der Waals surface area contributed by atoms with Crippen LogP contribution in [0, 0.1) is 18.2 Å². The second-order valence-electron chi connectivity index (χ2n) is 3.59. The highest BCUT2D eigenvalue weighted by Crippen LogP contribution is 2.32. The van der Waals surface area contributed by atoms with E-state index in [1.165, 1.54) is 23.5 Å². The number of fused-ring (bicyclic) bond motifs is 1. The van der Waals surface area contributed by atoms with Gasteiger partial charge in [-0.3, -0.25) is 0 Å². The Morgan fingerprint density at radius 1 is 1.44 bits per heavy atom. The smallest absolute Gasteiger partial charge is 0.123 e. The van der Waals surface area contributed by atoms with E-state index in [1.54, 1.807) is 6.07 Å². The lowest BCUT2D eigenvalue weighted by Gasteiger charge is -2.04. The van der Waals surface area contributed by atoms with Crippen molar-refractivity contribution in [1.82, 2.24) is 0 Å². The molecule has 2 rings (SSSR count). The molecule has 1 nitrogen and oxygen atoms in total. The van der Waals surface area contributed by atoms with Crippen molar-refractivity contribution < 1.29 is 9.50 Å². The highest BCUT2D eigenvalue weighted by molar-refractivity contribution is 7.19. The van der Waals surface area contributed by atoms with Gasteiger partial charge >= 0.3 is 0 Å². The molecular weight excluding hydrogens is 223 g/mol. The largest absolute Gasteiger partial charge is 0.388 e. The molecule has 0 fully saturated rings. The van der Waals surface area contributed by atoms with E-state index in [-0.39, 0.29) is 5.82 Å². The van der Waals surface area contributed by atoms with Gasteiger partial charge in [0.2, 0.25) is 0 Å². The molecule has 0 saturated carbocycles. The van der Waals surface area contributed by atoms with Crippen LogP contribution in [0.4, 0.5) is 4.39 Å². The van der Waals surface area contributed by atoms with Crippen molar-refractivity contribution in [2.75, 3.05) is 0 Å². The van der Waals surface area contributed by atoms with Crippen molar-refractivity contribution in [2.45, 2.75) is 18.9 Å². The number of terminal acetylenes is 1. The van der Waals surface area contributed by atoms with E-state index in [0.29, 0.717) is 12.8 Å². The molecule has 1 heterocycles. The molecule has 1 N–H and O–H groups in total. The summed E-state index contributed by atoms with van der Waals surface area (Å²) in [6.45, 7) is 0. The Morgan fingerprint density at radius 2 is 2.25 bits per heavy atom. The lowest BCUT2D eigenvalue weighted by Crippen LogP contribution is -1.92. The second kappa shape index (κ2) is 4.65. The van der Waals surface area contributed by atoms with Gasteiger partial charge in [0, 0.05) is 16.0 Å². The molecule has 0 aliphatic rings. The van der Waals surface area contributed by atoms with Gasteiger partial charge in [-0.1, -0.05) is 0 Å². The second-order valence-corrected chi connectivity index (χ2v) is 4.70. The topological polar surface area (TPSA) is 20.2 Å². The number of hydrogen-bond acceptors (Lipinski definition) is 2. The zero-order valence-corrected chi connectivity index (χ0v) is 9.43. The Balaban J connectivity index is 2.29. The van der Waals surface area contributed by atoms with Crippen molar-refractivity contribution in [3.8, 4) is 12.3 Å². The normalized spacial score (nSPS) is 12.6. The van der Waals surface area contributed by atoms with Gasteiger partial charge in [-0.15, -0.1) is 23.7 Å². The minimum atomic E-state index is -0.545. The molecule has 0 bridgehead atoms. The minimum absolute atomic E-state index is 0.255. The molecule has 0 aliphatic heterocycles. The van der Waals surface area contributed by atoms with Crippen molar-refractivity contribution >= 4 is 21.4 Å². The fraction of sp³-hybridized carbons (Fsp3) is 0.231. The number of aliphatic hydroxyl groups is 1. The zero-order valence-electron chi connectivity index (χ0n) is 8.61. The number of halogens is 1. The van der Waals surface area contributed by atoms with Crippen LogP contribution in [-0.4, -0.2) is 5.11 Å². The fourth-order valence-electron chi connectivity index (χ4n) is 1.56. The summed E-state index contributed by atoms with van der Waals surface area (Å²) in [7, 11) is 0. The first kappa shape index (κ1) is 11.1. The van der Waals surface area contributed by atoms with E-state index in [2.05, 4.69) is 5.92 Å². The van der Waals surface area contributed by atoms with Gasteiger partial charge in [0.1, 0.15) is 5.82 Å². The lowest BCUT2D eigenvalue weighted by atomic mass is 10.1. The average molecular weight is 234 g/mol. The summed E-state index contributed by atoms with van der Waals surface area (Å²) in [6, 6.07) is 6.46. The van der Waals surface area contributed by atoms with Crippen molar-refractivity contribution in [3.05, 3.63) is 35.0 Å². The van der Waals surface area contributed by atoms with Gasteiger partial charge < -0.3 is 5.11 Å². The number of hydrogen-bond donors (Lipinski definition) is 1. The van der Waals surface area contributed by atoms with Gasteiger partial charge in [-0.25, -0.2) is 4.39 Å². The molecule has 16 heavy (non-hydrogen) atoms. The predicted molar refractivity (Wildman–Crippen MR) is 64.8 cm³/mol. The molecule has 0 radical (unpaired) electrons. The summed E-state index contributed by atoms with van der Waals surface area (Å²) in [5.74, 6) is 2.24. The molecule has 0 spiro atoms. The van der Waals surface area contributed by atoms with Gasteiger partial charge in [0.15, 0.2) is 0 Å². The van der Waals surface area contributed by atoms with E-state index < -0.39 is 6.10 Å². The van der Waals surface area contributed by atoms with Crippen LogP contribution in [0.15, 0.2) is 24.3 Å². The van der Waals surface area contributed by atoms with E-state index >= 15 is 0 Å². The van der Waals surface area contributed by atoms with Crippen LogP contribution in [0.5, 0.6) is 0 Å². The van der Waals surface area contributed by atoms with E-state index in [0.717, 1.165) is 15.0 Å². The van der Waals surface area contributed by atoms with Gasteiger partial charge in [-0.05, 0) is 36.1 Å². The maximum Gasteiger partial charge on any atom is 0.123 e. The Bertz CT molecular complexity index is 538. The molecule has 0 aliphatic carbocycles. The SMILES string of the molecule is C#CCCC(O)c1cc2cc(F)ccc2s1. The van der Waals surface area contributed by atoms with Crippen LogP contribution >= 0.6 is 11.3 Å². The molecule has 1 unspecified atom stereocenters. The van der Waals surface area contributed by atoms with Gasteiger partial charge in [0.05, 0.1) is 6.10 Å². The Labute approximate surface area is 97.5 Å². The van der Waals surface area contributed by atoms with E-state index in [1.807, 2.05) is 6.07 Å². The van der Waals surface area contributed by atoms with Crippen molar-refractivity contribution in [1.29, 1.82) is 0 Å². The maximum absolute atomic E-state index is 13.0. The highest BCUT2D eigenvalue weighted by atomic mass is 32.1. The number of aliphatic hydroxyl groups excluding tert-OH is 1. The van der Waals surface area contributed by atoms with Crippen LogP contribution in [0.1, 0.15) is 23.8 Å². The van der Waals surface area contributed by atoms with E-state index in [4.69, 9.17) is 6.42 Å². The molecule has 2 aromatic rings. The van der Waals surface area contributed by atoms with Crippen LogP contribution < -0.4 is 0 Å². The van der Waals surface area contributed by atoms with Crippen molar-refractivity contribution in [2.24, 2.45) is 0 Å². The predicted octanol–water partition coefficient (Wildman–Crippen LogP) is 3.49. The zero-order chi connectivity index (χ0) is 11.5. The van der Waals surface area contributed by atoms with Gasteiger partial charge in [-0.2, -0.15) is 0 Å². The molecule has 0 amide bonds. The summed E-state index contributed by atoms with van der Waals surface area (Å²) in [6.07, 6.45) is 5.69. The summed E-state index contributed by atoms with van der Waals surface area (Å²) in [5, 5.41) is 10.7. The Hall–Kier alpha value is -1.37. The third kappa shape index (κ3) is 2.24. The minimum Gasteiger partial charge on any atom is -0.388 e. The molecule has 0 saturated heterocycles. The monoisotopic (exact) mass is 234 g/mol. The molecule has 3 heteroatoms. The molecular formula is C13H11FOS. The molecule has 1 atom stereocenters. The quantitative estimate of drug-likeness (QED) is 0.806. The molecule has 1 aromatic carbocycles. The first-order valence-electron chi connectivity index (χ1n) is 5.01. The number of rotatable bonds is 3. The van der Waals surface area contributed by atoms with Crippen molar-refractivity contribution in [3.63, 3.8) is 0 Å². The molecule has 82 valence electrons. The standard InChI is InChI=1S/C13H11FOS/c1-2-3-4-11(15)13-8-9-7-10(14)5-6-12(9)16-13/h1,5-8,11,15H,3-4H2. The first-order valence-corrected chi connectivity index (χ1v) is 5.83. The maximum atomic E-state index is 13.0.